The van der Waals surface area contributed by atoms with Crippen molar-refractivity contribution in [1.29, 1.82) is 0 Å². The van der Waals surface area contributed by atoms with E-state index >= 15 is 0 Å². The van der Waals surface area contributed by atoms with Crippen LogP contribution >= 0.6 is 22.9 Å². The highest BCUT2D eigenvalue weighted by molar-refractivity contribution is 7.12. The zero-order chi connectivity index (χ0) is 12.3. The molecule has 5 heteroatoms. The Balaban J connectivity index is 2.08. The number of aliphatic hydroxyl groups is 1. The molecule has 0 bridgehead atoms. The first-order valence-corrected chi connectivity index (χ1v) is 7.40. The van der Waals surface area contributed by atoms with Gasteiger partial charge < -0.3 is 5.11 Å². The molecule has 3 nitrogen and oxygen atoms in total. The van der Waals surface area contributed by atoms with Crippen molar-refractivity contribution in [3.8, 4) is 0 Å². The van der Waals surface area contributed by atoms with E-state index in [0.29, 0.717) is 6.42 Å². The molecule has 92 valence electrons. The Labute approximate surface area is 109 Å². The highest BCUT2D eigenvalue weighted by Gasteiger charge is 2.17. The molecule has 0 radical (unpaired) electrons. The first-order chi connectivity index (χ1) is 8.24. The standard InChI is InChI=1S/C12H16N2OS2/c1-3-8-5-6-9(16-8)7-11(15)12-10(4-2)13-14-17-12/h5-6,11,15H,3-4,7H2,1-2H3. The maximum Gasteiger partial charge on any atom is 0.0965 e. The van der Waals surface area contributed by atoms with Crippen LogP contribution in [0.25, 0.3) is 0 Å². The Morgan fingerprint density at radius 3 is 2.65 bits per heavy atom. The third-order valence-corrected chi connectivity index (χ3v) is 4.80. The topological polar surface area (TPSA) is 46.0 Å². The molecule has 0 fully saturated rings. The second-order valence-electron chi connectivity index (χ2n) is 3.88. The van der Waals surface area contributed by atoms with E-state index in [1.807, 2.05) is 6.92 Å². The molecule has 0 saturated heterocycles. The Kier molecular flexibility index (Phi) is 4.25. The van der Waals surface area contributed by atoms with Gasteiger partial charge in [-0.15, -0.1) is 16.4 Å². The van der Waals surface area contributed by atoms with Crippen LogP contribution in [-0.2, 0) is 19.3 Å². The quantitative estimate of drug-likeness (QED) is 0.906. The monoisotopic (exact) mass is 268 g/mol. The lowest BCUT2D eigenvalue weighted by molar-refractivity contribution is 0.182. The summed E-state index contributed by atoms with van der Waals surface area (Å²) in [7, 11) is 0. The predicted molar refractivity (Wildman–Crippen MR) is 71.6 cm³/mol. The van der Waals surface area contributed by atoms with Gasteiger partial charge in [-0.3, -0.25) is 0 Å². The SMILES string of the molecule is CCc1ccc(CC(O)c2snnc2CC)s1. The molecule has 2 aromatic rings. The Bertz CT molecular complexity index is 478. The summed E-state index contributed by atoms with van der Waals surface area (Å²) in [5, 5.41) is 14.2. The van der Waals surface area contributed by atoms with E-state index in [2.05, 4.69) is 28.6 Å². The van der Waals surface area contributed by atoms with Crippen LogP contribution in [0.2, 0.25) is 0 Å². The van der Waals surface area contributed by atoms with E-state index in [0.717, 1.165) is 23.4 Å². The summed E-state index contributed by atoms with van der Waals surface area (Å²) < 4.78 is 3.91. The average Bonchev–Trinajstić information content (AvgIpc) is 2.96. The number of hydrogen-bond donors (Lipinski definition) is 1. The fourth-order valence-electron chi connectivity index (χ4n) is 1.72. The first-order valence-electron chi connectivity index (χ1n) is 5.81. The van der Waals surface area contributed by atoms with Gasteiger partial charge in [-0.25, -0.2) is 0 Å². The summed E-state index contributed by atoms with van der Waals surface area (Å²) in [4.78, 5) is 3.51. The largest absolute Gasteiger partial charge is 0.387 e. The van der Waals surface area contributed by atoms with E-state index in [9.17, 15) is 5.11 Å². The third kappa shape index (κ3) is 2.91. The zero-order valence-electron chi connectivity index (χ0n) is 10.0. The van der Waals surface area contributed by atoms with E-state index < -0.39 is 6.10 Å². The molecule has 0 saturated carbocycles. The summed E-state index contributed by atoms with van der Waals surface area (Å²) in [6.45, 7) is 4.18. The van der Waals surface area contributed by atoms with Crippen molar-refractivity contribution < 1.29 is 5.11 Å². The van der Waals surface area contributed by atoms with Crippen molar-refractivity contribution in [2.75, 3.05) is 0 Å². The van der Waals surface area contributed by atoms with Gasteiger partial charge in [0.15, 0.2) is 0 Å². The second-order valence-corrected chi connectivity index (χ2v) is 5.92. The number of aryl methyl sites for hydroxylation is 2. The molecule has 2 rings (SSSR count). The molecular weight excluding hydrogens is 252 g/mol. The van der Waals surface area contributed by atoms with Crippen LogP contribution in [0, 0.1) is 0 Å². The molecule has 2 heterocycles. The van der Waals surface area contributed by atoms with Crippen molar-refractivity contribution in [3.05, 3.63) is 32.5 Å². The van der Waals surface area contributed by atoms with Crippen LogP contribution in [-0.4, -0.2) is 14.7 Å². The van der Waals surface area contributed by atoms with Crippen molar-refractivity contribution >= 4 is 22.9 Å². The molecule has 1 N–H and O–H groups in total. The smallest absolute Gasteiger partial charge is 0.0965 e. The molecule has 0 aliphatic heterocycles. The Morgan fingerprint density at radius 1 is 1.24 bits per heavy atom. The van der Waals surface area contributed by atoms with Gasteiger partial charge in [-0.1, -0.05) is 18.3 Å². The molecule has 0 aromatic carbocycles. The summed E-state index contributed by atoms with van der Waals surface area (Å²) >= 11 is 3.08. The summed E-state index contributed by atoms with van der Waals surface area (Å²) in [6.07, 6.45) is 2.09. The van der Waals surface area contributed by atoms with Crippen molar-refractivity contribution in [2.24, 2.45) is 0 Å². The van der Waals surface area contributed by atoms with Gasteiger partial charge in [0, 0.05) is 16.2 Å². The summed E-state index contributed by atoms with van der Waals surface area (Å²) in [5.74, 6) is 0. The number of nitrogens with zero attached hydrogens (tertiary/aromatic N) is 2. The van der Waals surface area contributed by atoms with Gasteiger partial charge in [0.2, 0.25) is 0 Å². The van der Waals surface area contributed by atoms with Gasteiger partial charge in [0.1, 0.15) is 0 Å². The van der Waals surface area contributed by atoms with Gasteiger partial charge in [-0.05, 0) is 36.5 Å². The molecular formula is C12H16N2OS2. The van der Waals surface area contributed by atoms with Gasteiger partial charge in [0.05, 0.1) is 16.7 Å². The van der Waals surface area contributed by atoms with Crippen molar-refractivity contribution in [1.82, 2.24) is 9.59 Å². The molecule has 1 unspecified atom stereocenters. The molecule has 0 aliphatic rings. The average molecular weight is 268 g/mol. The lowest BCUT2D eigenvalue weighted by atomic mass is 10.1. The number of rotatable bonds is 5. The molecule has 2 aromatic heterocycles. The minimum Gasteiger partial charge on any atom is -0.387 e. The predicted octanol–water partition coefficient (Wildman–Crippen LogP) is 3.00. The first kappa shape index (κ1) is 12.7. The zero-order valence-corrected chi connectivity index (χ0v) is 11.6. The third-order valence-electron chi connectivity index (χ3n) is 2.68. The van der Waals surface area contributed by atoms with Gasteiger partial charge >= 0.3 is 0 Å². The lowest BCUT2D eigenvalue weighted by Gasteiger charge is -2.07. The minimum absolute atomic E-state index is 0.465. The van der Waals surface area contributed by atoms with E-state index in [1.54, 1.807) is 11.3 Å². The molecule has 0 spiro atoms. The van der Waals surface area contributed by atoms with Gasteiger partial charge in [-0.2, -0.15) is 0 Å². The molecule has 0 amide bonds. The maximum absolute atomic E-state index is 10.2. The van der Waals surface area contributed by atoms with E-state index in [4.69, 9.17) is 0 Å². The van der Waals surface area contributed by atoms with E-state index in [-0.39, 0.29) is 0 Å². The van der Waals surface area contributed by atoms with Crippen LogP contribution in [0.1, 0.15) is 40.3 Å². The minimum atomic E-state index is -0.465. The Hall–Kier alpha value is -0.780. The maximum atomic E-state index is 10.2. The second kappa shape index (κ2) is 5.71. The summed E-state index contributed by atoms with van der Waals surface area (Å²) in [5.41, 5.74) is 0.926. The van der Waals surface area contributed by atoms with Crippen LogP contribution in [0.4, 0.5) is 0 Å². The highest BCUT2D eigenvalue weighted by Crippen LogP contribution is 2.27. The number of thiophene rings is 1. The van der Waals surface area contributed by atoms with Crippen molar-refractivity contribution in [2.45, 2.75) is 39.2 Å². The van der Waals surface area contributed by atoms with Crippen LogP contribution < -0.4 is 0 Å². The summed E-state index contributed by atoms with van der Waals surface area (Å²) in [6, 6.07) is 4.24. The number of aromatic nitrogens is 2. The number of aliphatic hydroxyl groups excluding tert-OH is 1. The number of hydrogen-bond acceptors (Lipinski definition) is 5. The molecule has 0 aliphatic carbocycles. The normalized spacial score (nSPS) is 12.9. The Morgan fingerprint density at radius 2 is 2.00 bits per heavy atom. The van der Waals surface area contributed by atoms with Crippen LogP contribution in [0.15, 0.2) is 12.1 Å². The van der Waals surface area contributed by atoms with Crippen LogP contribution in [0.5, 0.6) is 0 Å². The molecule has 17 heavy (non-hydrogen) atoms. The molecule has 1 atom stereocenters. The van der Waals surface area contributed by atoms with Crippen LogP contribution in [0.3, 0.4) is 0 Å². The highest BCUT2D eigenvalue weighted by atomic mass is 32.1. The van der Waals surface area contributed by atoms with Gasteiger partial charge in [0.25, 0.3) is 0 Å². The fraction of sp³-hybridized carbons (Fsp3) is 0.500. The fourth-order valence-corrected chi connectivity index (χ4v) is 3.44. The lowest BCUT2D eigenvalue weighted by Crippen LogP contribution is -2.01. The van der Waals surface area contributed by atoms with E-state index in [1.165, 1.54) is 21.3 Å². The van der Waals surface area contributed by atoms with Crippen molar-refractivity contribution in [3.63, 3.8) is 0 Å².